The zero-order valence-corrected chi connectivity index (χ0v) is 11.1. The smallest absolute Gasteiger partial charge is 0.150 e. The van der Waals surface area contributed by atoms with Crippen molar-refractivity contribution in [3.8, 4) is 0 Å². The van der Waals surface area contributed by atoms with Crippen molar-refractivity contribution < 1.29 is 0 Å². The van der Waals surface area contributed by atoms with Gasteiger partial charge in [0.1, 0.15) is 11.6 Å². The molecular weight excluding hydrogens is 226 g/mol. The third kappa shape index (κ3) is 3.06. The molecule has 0 aliphatic carbocycles. The number of imidazole rings is 1. The van der Waals surface area contributed by atoms with Crippen LogP contribution in [0.3, 0.4) is 0 Å². The van der Waals surface area contributed by atoms with E-state index in [1.165, 1.54) is 0 Å². The molecule has 0 aliphatic rings. The fourth-order valence-electron chi connectivity index (χ4n) is 1.77. The minimum Gasteiger partial charge on any atom is -0.370 e. The maximum Gasteiger partial charge on any atom is 0.150 e. The van der Waals surface area contributed by atoms with Crippen LogP contribution in [0, 0.1) is 13.8 Å². The van der Waals surface area contributed by atoms with Crippen molar-refractivity contribution >= 4 is 5.82 Å². The number of hydrogen-bond donors (Lipinski definition) is 1. The Labute approximate surface area is 107 Å². The Morgan fingerprint density at radius 2 is 2.11 bits per heavy atom. The molecule has 0 amide bonds. The number of rotatable bonds is 5. The lowest BCUT2D eigenvalue weighted by Crippen LogP contribution is -2.09. The lowest BCUT2D eigenvalue weighted by Gasteiger charge is -2.09. The van der Waals surface area contributed by atoms with Gasteiger partial charge >= 0.3 is 0 Å². The van der Waals surface area contributed by atoms with Gasteiger partial charge in [0.15, 0.2) is 5.82 Å². The third-order valence-electron chi connectivity index (χ3n) is 2.69. The van der Waals surface area contributed by atoms with Gasteiger partial charge in [-0.2, -0.15) is 0 Å². The first-order chi connectivity index (χ1) is 8.69. The van der Waals surface area contributed by atoms with Gasteiger partial charge in [-0.25, -0.2) is 15.0 Å². The number of aryl methyl sites for hydroxylation is 2. The molecule has 0 atom stereocenters. The van der Waals surface area contributed by atoms with E-state index in [0.717, 1.165) is 36.1 Å². The highest BCUT2D eigenvalue weighted by molar-refractivity contribution is 5.35. The highest BCUT2D eigenvalue weighted by Crippen LogP contribution is 2.08. The third-order valence-corrected chi connectivity index (χ3v) is 2.69. The van der Waals surface area contributed by atoms with Crippen molar-refractivity contribution in [2.75, 3.05) is 11.9 Å². The van der Waals surface area contributed by atoms with Crippen LogP contribution in [-0.4, -0.2) is 26.1 Å². The molecule has 0 fully saturated rings. The number of anilines is 1. The number of nitrogens with one attached hydrogen (secondary N) is 1. The van der Waals surface area contributed by atoms with Gasteiger partial charge in [-0.05, 0) is 20.3 Å². The Bertz CT molecular complexity index is 518. The van der Waals surface area contributed by atoms with Gasteiger partial charge in [-0.15, -0.1) is 0 Å². The van der Waals surface area contributed by atoms with Gasteiger partial charge in [0, 0.05) is 30.7 Å². The quantitative estimate of drug-likeness (QED) is 0.877. The molecule has 0 aliphatic heterocycles. The largest absolute Gasteiger partial charge is 0.370 e. The van der Waals surface area contributed by atoms with Gasteiger partial charge in [-0.3, -0.25) is 0 Å². The van der Waals surface area contributed by atoms with Crippen molar-refractivity contribution in [3.05, 3.63) is 35.8 Å². The average Bonchev–Trinajstić information content (AvgIpc) is 2.72. The summed E-state index contributed by atoms with van der Waals surface area (Å²) in [4.78, 5) is 13.2. The Morgan fingerprint density at radius 1 is 1.28 bits per heavy atom. The van der Waals surface area contributed by atoms with E-state index in [9.17, 15) is 0 Å². The Morgan fingerprint density at radius 3 is 2.78 bits per heavy atom. The molecule has 96 valence electrons. The fourth-order valence-corrected chi connectivity index (χ4v) is 1.77. The van der Waals surface area contributed by atoms with Crippen LogP contribution < -0.4 is 5.32 Å². The predicted octanol–water partition coefficient (Wildman–Crippen LogP) is 2.16. The molecule has 0 unspecified atom stereocenters. The zero-order valence-electron chi connectivity index (χ0n) is 11.1. The van der Waals surface area contributed by atoms with E-state index in [4.69, 9.17) is 0 Å². The molecule has 5 heteroatoms. The van der Waals surface area contributed by atoms with E-state index in [1.54, 1.807) is 6.20 Å². The van der Waals surface area contributed by atoms with Crippen LogP contribution in [0.15, 0.2) is 18.5 Å². The minimum atomic E-state index is 0.661. The van der Waals surface area contributed by atoms with Gasteiger partial charge in [0.2, 0.25) is 0 Å². The Kier molecular flexibility index (Phi) is 3.92. The monoisotopic (exact) mass is 245 g/mol. The maximum absolute atomic E-state index is 4.52. The fraction of sp³-hybridized carbons (Fsp3) is 0.462. The molecule has 1 N–H and O–H groups in total. The van der Waals surface area contributed by atoms with E-state index in [2.05, 4.69) is 27.2 Å². The summed E-state index contributed by atoms with van der Waals surface area (Å²) in [6.07, 6.45) is 4.82. The van der Waals surface area contributed by atoms with Gasteiger partial charge < -0.3 is 9.88 Å². The summed E-state index contributed by atoms with van der Waals surface area (Å²) in [5, 5.41) is 3.29. The number of nitrogens with zero attached hydrogens (tertiary/aromatic N) is 4. The van der Waals surface area contributed by atoms with Crippen molar-refractivity contribution in [1.82, 2.24) is 19.5 Å². The molecule has 2 aromatic rings. The first-order valence-electron chi connectivity index (χ1n) is 6.25. The summed E-state index contributed by atoms with van der Waals surface area (Å²) in [7, 11) is 0. The maximum atomic E-state index is 4.52. The Balaban J connectivity index is 2.17. The summed E-state index contributed by atoms with van der Waals surface area (Å²) >= 11 is 0. The van der Waals surface area contributed by atoms with Crippen LogP contribution in [0.25, 0.3) is 0 Å². The van der Waals surface area contributed by atoms with E-state index < -0.39 is 0 Å². The highest BCUT2D eigenvalue weighted by atomic mass is 15.1. The predicted molar refractivity (Wildman–Crippen MR) is 71.6 cm³/mol. The first kappa shape index (κ1) is 12.5. The molecule has 2 aromatic heterocycles. The zero-order chi connectivity index (χ0) is 13.0. The molecule has 2 rings (SSSR count). The molecule has 0 bridgehead atoms. The highest BCUT2D eigenvalue weighted by Gasteiger charge is 2.04. The Hall–Kier alpha value is -1.91. The second kappa shape index (κ2) is 5.62. The molecule has 0 aromatic carbocycles. The lowest BCUT2D eigenvalue weighted by atomic mass is 10.4. The molecule has 0 saturated carbocycles. The van der Waals surface area contributed by atoms with E-state index in [1.807, 2.05) is 30.7 Å². The van der Waals surface area contributed by atoms with Crippen LogP contribution in [-0.2, 0) is 6.54 Å². The summed E-state index contributed by atoms with van der Waals surface area (Å²) < 4.78 is 2.04. The van der Waals surface area contributed by atoms with Crippen LogP contribution in [0.4, 0.5) is 5.82 Å². The average molecular weight is 245 g/mol. The summed E-state index contributed by atoms with van der Waals surface area (Å²) in [5.41, 5.74) is 0.983. The van der Waals surface area contributed by atoms with Crippen LogP contribution in [0.5, 0.6) is 0 Å². The molecular formula is C13H19N5. The van der Waals surface area contributed by atoms with E-state index in [0.29, 0.717) is 6.54 Å². The molecule has 0 radical (unpaired) electrons. The SMILES string of the molecule is CCCNc1cc(C)nc(Cn2ccnc2C)n1. The van der Waals surface area contributed by atoms with Crippen molar-refractivity contribution in [2.45, 2.75) is 33.7 Å². The summed E-state index contributed by atoms with van der Waals surface area (Å²) in [6, 6.07) is 1.97. The van der Waals surface area contributed by atoms with Gasteiger partial charge in [-0.1, -0.05) is 6.92 Å². The van der Waals surface area contributed by atoms with E-state index in [-0.39, 0.29) is 0 Å². The number of hydrogen-bond acceptors (Lipinski definition) is 4. The van der Waals surface area contributed by atoms with E-state index >= 15 is 0 Å². The molecule has 2 heterocycles. The molecule has 18 heavy (non-hydrogen) atoms. The number of aromatic nitrogens is 4. The summed E-state index contributed by atoms with van der Waals surface area (Å²) in [5.74, 6) is 2.69. The standard InChI is InChI=1S/C13H19N5/c1-4-5-15-12-8-10(2)16-13(17-12)9-18-7-6-14-11(18)3/h6-8H,4-5,9H2,1-3H3,(H,15,16,17). The van der Waals surface area contributed by atoms with Crippen LogP contribution in [0.1, 0.15) is 30.7 Å². The molecule has 5 nitrogen and oxygen atoms in total. The molecule has 0 spiro atoms. The van der Waals surface area contributed by atoms with Crippen LogP contribution >= 0.6 is 0 Å². The first-order valence-corrected chi connectivity index (χ1v) is 6.25. The second-order valence-electron chi connectivity index (χ2n) is 4.34. The van der Waals surface area contributed by atoms with Gasteiger partial charge in [0.05, 0.1) is 6.54 Å². The topological polar surface area (TPSA) is 55.6 Å². The van der Waals surface area contributed by atoms with Crippen molar-refractivity contribution in [2.24, 2.45) is 0 Å². The lowest BCUT2D eigenvalue weighted by molar-refractivity contribution is 0.713. The van der Waals surface area contributed by atoms with Crippen molar-refractivity contribution in [3.63, 3.8) is 0 Å². The van der Waals surface area contributed by atoms with Crippen molar-refractivity contribution in [1.29, 1.82) is 0 Å². The second-order valence-corrected chi connectivity index (χ2v) is 4.34. The summed E-state index contributed by atoms with van der Waals surface area (Å²) in [6.45, 7) is 7.69. The molecule has 0 saturated heterocycles. The van der Waals surface area contributed by atoms with Gasteiger partial charge in [0.25, 0.3) is 0 Å². The van der Waals surface area contributed by atoms with Crippen LogP contribution in [0.2, 0.25) is 0 Å². The normalized spacial score (nSPS) is 10.6. The minimum absolute atomic E-state index is 0.661.